The highest BCUT2D eigenvalue weighted by Crippen LogP contribution is 2.02. The lowest BCUT2D eigenvalue weighted by Crippen LogP contribution is -2.45. The minimum atomic E-state index is 0. The average molecular weight is 239 g/mol. The normalized spacial score (nSPS) is 21.1. The van der Waals surface area contributed by atoms with Crippen molar-refractivity contribution in [1.82, 2.24) is 10.6 Å². The Morgan fingerprint density at radius 1 is 1.64 bits per heavy atom. The van der Waals surface area contributed by atoms with Gasteiger partial charge in [0.2, 0.25) is 5.91 Å². The van der Waals surface area contributed by atoms with Gasteiger partial charge in [0.1, 0.15) is 0 Å². The van der Waals surface area contributed by atoms with E-state index in [0.29, 0.717) is 12.5 Å². The van der Waals surface area contributed by atoms with Crippen molar-refractivity contribution in [3.8, 4) is 0 Å². The first-order chi connectivity index (χ1) is 6.33. The molecule has 1 saturated heterocycles. The molecule has 0 bridgehead atoms. The Morgan fingerprint density at radius 2 is 2.43 bits per heavy atom. The molecule has 5 heteroatoms. The van der Waals surface area contributed by atoms with Crippen molar-refractivity contribution in [2.24, 2.45) is 0 Å². The fourth-order valence-electron chi connectivity index (χ4n) is 1.47. The van der Waals surface area contributed by atoms with Gasteiger partial charge in [-0.3, -0.25) is 4.79 Å². The first-order valence-electron chi connectivity index (χ1n) is 4.82. The molecule has 1 fully saturated rings. The Labute approximate surface area is 96.2 Å². The Kier molecular flexibility index (Phi) is 8.43. The number of piperidine rings is 1. The highest BCUT2D eigenvalue weighted by molar-refractivity contribution is 7.98. The number of thioether (sulfide) groups is 1. The highest BCUT2D eigenvalue weighted by atomic mass is 35.5. The Bertz CT molecular complexity index is 163. The second kappa shape index (κ2) is 8.38. The predicted octanol–water partition coefficient (Wildman–Crippen LogP) is 1.03. The monoisotopic (exact) mass is 238 g/mol. The summed E-state index contributed by atoms with van der Waals surface area (Å²) in [6.45, 7) is 2.03. The van der Waals surface area contributed by atoms with E-state index in [9.17, 15) is 4.79 Å². The maximum absolute atomic E-state index is 11.3. The average Bonchev–Trinajstić information content (AvgIpc) is 2.16. The molecule has 1 aliphatic rings. The van der Waals surface area contributed by atoms with Gasteiger partial charge >= 0.3 is 0 Å². The molecule has 0 spiro atoms. The fourth-order valence-corrected chi connectivity index (χ4v) is 1.86. The number of hydrogen-bond donors (Lipinski definition) is 2. The van der Waals surface area contributed by atoms with Gasteiger partial charge in [-0.15, -0.1) is 12.4 Å². The number of halogens is 1. The Balaban J connectivity index is 0.00000169. The highest BCUT2D eigenvalue weighted by Gasteiger charge is 2.14. The Hall–Kier alpha value is 0.0700. The minimum Gasteiger partial charge on any atom is -0.352 e. The van der Waals surface area contributed by atoms with E-state index in [4.69, 9.17) is 0 Å². The lowest BCUT2D eigenvalue weighted by Gasteiger charge is -2.23. The molecule has 0 aliphatic carbocycles. The third-order valence-electron chi connectivity index (χ3n) is 2.20. The van der Waals surface area contributed by atoms with E-state index in [1.54, 1.807) is 11.8 Å². The summed E-state index contributed by atoms with van der Waals surface area (Å²) in [6, 6.07) is 0.364. The van der Waals surface area contributed by atoms with Crippen molar-refractivity contribution in [1.29, 1.82) is 0 Å². The zero-order chi connectivity index (χ0) is 9.52. The van der Waals surface area contributed by atoms with Crippen LogP contribution in [0.2, 0.25) is 0 Å². The van der Waals surface area contributed by atoms with Crippen LogP contribution in [0.25, 0.3) is 0 Å². The van der Waals surface area contributed by atoms with Gasteiger partial charge < -0.3 is 10.6 Å². The molecule has 0 aromatic heterocycles. The molecular weight excluding hydrogens is 220 g/mol. The summed E-state index contributed by atoms with van der Waals surface area (Å²) >= 11 is 1.72. The van der Waals surface area contributed by atoms with E-state index in [1.807, 2.05) is 6.26 Å². The van der Waals surface area contributed by atoms with Crippen LogP contribution in [-0.2, 0) is 4.79 Å². The van der Waals surface area contributed by atoms with Crippen LogP contribution in [0.1, 0.15) is 19.3 Å². The fraction of sp³-hybridized carbons (Fsp3) is 0.889. The summed E-state index contributed by atoms with van der Waals surface area (Å²) in [7, 11) is 0. The molecule has 1 atom stereocenters. The number of nitrogens with one attached hydrogen (secondary N) is 2. The molecular formula is C9H19ClN2OS. The van der Waals surface area contributed by atoms with Crippen LogP contribution in [-0.4, -0.2) is 37.0 Å². The summed E-state index contributed by atoms with van der Waals surface area (Å²) < 4.78 is 0. The molecule has 1 rings (SSSR count). The SMILES string of the molecule is CSCCC(=O)N[C@@H]1CCCNC1.Cl. The first-order valence-corrected chi connectivity index (χ1v) is 6.21. The summed E-state index contributed by atoms with van der Waals surface area (Å²) in [5, 5.41) is 6.32. The van der Waals surface area contributed by atoms with Crippen LogP contribution in [0.4, 0.5) is 0 Å². The molecule has 1 heterocycles. The third-order valence-corrected chi connectivity index (χ3v) is 2.81. The smallest absolute Gasteiger partial charge is 0.221 e. The summed E-state index contributed by atoms with van der Waals surface area (Å²) in [6.07, 6.45) is 4.97. The summed E-state index contributed by atoms with van der Waals surface area (Å²) in [5.74, 6) is 1.12. The van der Waals surface area contributed by atoms with E-state index < -0.39 is 0 Å². The van der Waals surface area contributed by atoms with Gasteiger partial charge in [-0.05, 0) is 25.6 Å². The van der Waals surface area contributed by atoms with E-state index in [0.717, 1.165) is 25.3 Å². The van der Waals surface area contributed by atoms with E-state index in [2.05, 4.69) is 10.6 Å². The Morgan fingerprint density at radius 3 is 3.00 bits per heavy atom. The predicted molar refractivity (Wildman–Crippen MR) is 64.3 cm³/mol. The second-order valence-electron chi connectivity index (χ2n) is 3.35. The lowest BCUT2D eigenvalue weighted by atomic mass is 10.1. The van der Waals surface area contributed by atoms with Crippen LogP contribution in [0.5, 0.6) is 0 Å². The van der Waals surface area contributed by atoms with Gasteiger partial charge in [0.05, 0.1) is 0 Å². The van der Waals surface area contributed by atoms with Crippen molar-refractivity contribution >= 4 is 30.1 Å². The summed E-state index contributed by atoms with van der Waals surface area (Å²) in [5.41, 5.74) is 0. The van der Waals surface area contributed by atoms with Gasteiger partial charge in [-0.25, -0.2) is 0 Å². The van der Waals surface area contributed by atoms with Gasteiger partial charge in [0.15, 0.2) is 0 Å². The summed E-state index contributed by atoms with van der Waals surface area (Å²) in [4.78, 5) is 11.3. The van der Waals surface area contributed by atoms with Crippen LogP contribution >= 0.6 is 24.2 Å². The third kappa shape index (κ3) is 5.73. The number of rotatable bonds is 4. The standard InChI is InChI=1S/C9H18N2OS.ClH/c1-13-6-4-9(12)11-8-3-2-5-10-7-8;/h8,10H,2-7H2,1H3,(H,11,12);1H/t8-;/m1./s1. The molecule has 0 aromatic carbocycles. The van der Waals surface area contributed by atoms with Gasteiger partial charge in [-0.2, -0.15) is 11.8 Å². The number of hydrogen-bond acceptors (Lipinski definition) is 3. The van der Waals surface area contributed by atoms with E-state index in [-0.39, 0.29) is 18.3 Å². The first kappa shape index (κ1) is 14.1. The van der Waals surface area contributed by atoms with Gasteiger partial charge in [0, 0.05) is 24.8 Å². The quantitative estimate of drug-likeness (QED) is 0.769. The molecule has 0 radical (unpaired) electrons. The van der Waals surface area contributed by atoms with Gasteiger partial charge in [-0.1, -0.05) is 0 Å². The molecule has 0 aromatic rings. The van der Waals surface area contributed by atoms with Crippen LogP contribution in [0.15, 0.2) is 0 Å². The molecule has 14 heavy (non-hydrogen) atoms. The van der Waals surface area contributed by atoms with Crippen LogP contribution < -0.4 is 10.6 Å². The molecule has 1 amide bonds. The van der Waals surface area contributed by atoms with E-state index >= 15 is 0 Å². The number of amides is 1. The van der Waals surface area contributed by atoms with Crippen molar-refractivity contribution in [3.63, 3.8) is 0 Å². The van der Waals surface area contributed by atoms with Crippen molar-refractivity contribution in [2.45, 2.75) is 25.3 Å². The van der Waals surface area contributed by atoms with Crippen molar-refractivity contribution in [2.75, 3.05) is 25.1 Å². The number of carbonyl (C=O) groups excluding carboxylic acids is 1. The maximum atomic E-state index is 11.3. The zero-order valence-electron chi connectivity index (χ0n) is 8.54. The zero-order valence-corrected chi connectivity index (χ0v) is 10.2. The molecule has 1 aliphatic heterocycles. The van der Waals surface area contributed by atoms with Crippen LogP contribution in [0.3, 0.4) is 0 Å². The largest absolute Gasteiger partial charge is 0.352 e. The topological polar surface area (TPSA) is 41.1 Å². The van der Waals surface area contributed by atoms with Crippen LogP contribution in [0, 0.1) is 0 Å². The van der Waals surface area contributed by atoms with Gasteiger partial charge in [0.25, 0.3) is 0 Å². The number of carbonyl (C=O) groups is 1. The van der Waals surface area contributed by atoms with E-state index in [1.165, 1.54) is 6.42 Å². The lowest BCUT2D eigenvalue weighted by molar-refractivity contribution is -0.121. The van der Waals surface area contributed by atoms with Crippen molar-refractivity contribution < 1.29 is 4.79 Å². The maximum Gasteiger partial charge on any atom is 0.221 e. The van der Waals surface area contributed by atoms with Crippen molar-refractivity contribution in [3.05, 3.63) is 0 Å². The second-order valence-corrected chi connectivity index (χ2v) is 4.34. The molecule has 84 valence electrons. The molecule has 2 N–H and O–H groups in total. The molecule has 0 unspecified atom stereocenters. The molecule has 0 saturated carbocycles. The molecule has 3 nitrogen and oxygen atoms in total. The minimum absolute atomic E-state index is 0.